The summed E-state index contributed by atoms with van der Waals surface area (Å²) in [6.07, 6.45) is 6.18. The zero-order valence-electron chi connectivity index (χ0n) is 24.2. The van der Waals surface area contributed by atoms with Crippen LogP contribution in [-0.2, 0) is 31.3 Å². The van der Waals surface area contributed by atoms with Crippen LogP contribution in [0.5, 0.6) is 11.5 Å². The molecule has 2 aromatic carbocycles. The number of benzene rings is 2. The summed E-state index contributed by atoms with van der Waals surface area (Å²) in [7, 11) is 0. The largest absolute Gasteiger partial charge is 0.512 e. The molecule has 3 aromatic rings. The van der Waals surface area contributed by atoms with Crippen LogP contribution in [0.25, 0.3) is 22.4 Å². The third-order valence-corrected chi connectivity index (χ3v) is 6.68. The molecule has 3 rings (SSSR count). The summed E-state index contributed by atoms with van der Waals surface area (Å²) in [5.74, 6) is 2.37. The number of hydrogen-bond donors (Lipinski definition) is 1. The van der Waals surface area contributed by atoms with Crippen molar-refractivity contribution in [2.24, 2.45) is 11.8 Å². The second-order valence-corrected chi connectivity index (χ2v) is 10.3. The van der Waals surface area contributed by atoms with E-state index < -0.39 is 0 Å². The Morgan fingerprint density at radius 3 is 2.33 bits per heavy atom. The Morgan fingerprint density at radius 1 is 0.975 bits per heavy atom. The fourth-order valence-electron chi connectivity index (χ4n) is 3.82. The van der Waals surface area contributed by atoms with Crippen molar-refractivity contribution in [1.82, 2.24) is 4.98 Å². The molecule has 5 nitrogen and oxygen atoms in total. The van der Waals surface area contributed by atoms with Gasteiger partial charge < -0.3 is 19.6 Å². The van der Waals surface area contributed by atoms with Crippen molar-refractivity contribution >= 4 is 5.78 Å². The summed E-state index contributed by atoms with van der Waals surface area (Å²) in [6.45, 7) is 11.4. The molecule has 2 unspecified atom stereocenters. The Balaban J connectivity index is 0.00000560. The van der Waals surface area contributed by atoms with Crippen LogP contribution >= 0.6 is 0 Å². The van der Waals surface area contributed by atoms with Crippen LogP contribution in [0.4, 0.5) is 0 Å². The van der Waals surface area contributed by atoms with Crippen LogP contribution in [0.3, 0.4) is 0 Å². The van der Waals surface area contributed by atoms with Gasteiger partial charge in [-0.25, -0.2) is 0 Å². The molecule has 6 heteroatoms. The minimum atomic E-state index is -0.168. The first-order valence-corrected chi connectivity index (χ1v) is 13.9. The minimum absolute atomic E-state index is 0. The van der Waals surface area contributed by atoms with Crippen molar-refractivity contribution in [3.05, 3.63) is 84.6 Å². The number of aromatic nitrogens is 1. The maximum absolute atomic E-state index is 11.1. The number of ether oxygens (including phenoxy) is 2. The van der Waals surface area contributed by atoms with E-state index in [4.69, 9.17) is 14.5 Å². The summed E-state index contributed by atoms with van der Waals surface area (Å²) >= 11 is 0. The van der Waals surface area contributed by atoms with Crippen molar-refractivity contribution in [2.45, 2.75) is 60.3 Å². The molecule has 0 aliphatic carbocycles. The quantitative estimate of drug-likeness (QED) is 0.0975. The fraction of sp³-hybridized carbons (Fsp3) is 0.382. The number of carbonyl (C=O) groups is 1. The molecule has 0 saturated carbocycles. The smallest absolute Gasteiger partial charge is 0.161 e. The normalized spacial score (nSPS) is 12.8. The molecular weight excluding hydrogens is 679 g/mol. The second kappa shape index (κ2) is 17.0. The van der Waals surface area contributed by atoms with E-state index in [1.165, 1.54) is 13.0 Å². The molecule has 0 amide bonds. The number of carbonyl (C=O) groups excluding carboxylic acids is 1. The molecule has 0 aliphatic heterocycles. The summed E-state index contributed by atoms with van der Waals surface area (Å²) in [5.41, 5.74) is 4.69. The predicted octanol–water partition coefficient (Wildman–Crippen LogP) is 8.23. The van der Waals surface area contributed by atoms with Crippen LogP contribution in [0.1, 0.15) is 59.6 Å². The maximum Gasteiger partial charge on any atom is 0.161 e. The van der Waals surface area contributed by atoms with Gasteiger partial charge in [-0.3, -0.25) is 4.79 Å². The van der Waals surface area contributed by atoms with E-state index in [1.807, 2.05) is 42.8 Å². The summed E-state index contributed by atoms with van der Waals surface area (Å²) < 4.78 is 12.4. The van der Waals surface area contributed by atoms with Gasteiger partial charge in [-0.05, 0) is 61.1 Å². The van der Waals surface area contributed by atoms with Gasteiger partial charge >= 0.3 is 0 Å². The van der Waals surface area contributed by atoms with Crippen LogP contribution in [0.2, 0.25) is 0 Å². The number of pyridine rings is 1. The van der Waals surface area contributed by atoms with Gasteiger partial charge in [0, 0.05) is 38.3 Å². The first kappa shape index (κ1) is 33.3. The standard InChI is InChI=1S/C34H41NO4.Ir/c1-6-24(3)22-38-33-18-17-28(21-34(33)39-23-25(4)7-2)27-11-8-12-29(20-27)32-16-10-14-30(35-32)13-9-15-31(37)19-26(5)36;/h8-11,14,16-21,24-25,37H,6-7,13,15,22-23H2,1-5H3;/q-1;/b31-19-;. The molecule has 0 aliphatic rings. The number of allylic oxidation sites excluding steroid dienone is 2. The van der Waals surface area contributed by atoms with E-state index in [0.717, 1.165) is 52.4 Å². The second-order valence-electron chi connectivity index (χ2n) is 10.3. The monoisotopic (exact) mass is 720 g/mol. The van der Waals surface area contributed by atoms with Gasteiger partial charge in [0.25, 0.3) is 0 Å². The molecule has 216 valence electrons. The molecule has 1 N–H and O–H groups in total. The van der Waals surface area contributed by atoms with Crippen molar-refractivity contribution in [2.75, 3.05) is 13.2 Å². The summed E-state index contributed by atoms with van der Waals surface area (Å²) in [6, 6.07) is 21.4. The van der Waals surface area contributed by atoms with Crippen molar-refractivity contribution in [3.63, 3.8) is 0 Å². The van der Waals surface area contributed by atoms with Gasteiger partial charge in [0.2, 0.25) is 0 Å². The number of hydrogen-bond acceptors (Lipinski definition) is 5. The summed E-state index contributed by atoms with van der Waals surface area (Å²) in [5, 5.41) is 9.81. The topological polar surface area (TPSA) is 68.7 Å². The third-order valence-electron chi connectivity index (χ3n) is 6.68. The Morgan fingerprint density at radius 2 is 1.65 bits per heavy atom. The average Bonchev–Trinajstić information content (AvgIpc) is 2.94. The van der Waals surface area contributed by atoms with E-state index >= 15 is 0 Å². The zero-order valence-corrected chi connectivity index (χ0v) is 26.6. The Hall–Kier alpha value is -2.95. The van der Waals surface area contributed by atoms with Crippen molar-refractivity contribution < 1.29 is 39.5 Å². The van der Waals surface area contributed by atoms with Gasteiger partial charge in [0.1, 0.15) is 0 Å². The fourth-order valence-corrected chi connectivity index (χ4v) is 3.82. The number of nitrogens with zero attached hydrogens (tertiary/aromatic N) is 1. The Kier molecular flexibility index (Phi) is 14.1. The van der Waals surface area contributed by atoms with Crippen molar-refractivity contribution in [3.8, 4) is 33.9 Å². The van der Waals surface area contributed by atoms with E-state index in [1.54, 1.807) is 0 Å². The SMILES string of the molecule is CCC(C)COc1ccc(-c2cc[c-]c(-c3cccc(C[CH]C/C(O)=C/C(C)=O)n3)c2)cc1OCC(C)CC.[Ir]. The molecule has 0 spiro atoms. The van der Waals surface area contributed by atoms with Gasteiger partial charge in [-0.1, -0.05) is 58.7 Å². The van der Waals surface area contributed by atoms with Crippen LogP contribution in [0, 0.1) is 24.3 Å². The molecule has 2 radical (unpaired) electrons. The molecule has 1 heterocycles. The molecule has 0 bridgehead atoms. The van der Waals surface area contributed by atoms with E-state index in [9.17, 15) is 9.90 Å². The first-order chi connectivity index (χ1) is 18.8. The van der Waals surface area contributed by atoms with Crippen molar-refractivity contribution in [1.29, 1.82) is 0 Å². The molecule has 1 aromatic heterocycles. The van der Waals surface area contributed by atoms with E-state index in [2.05, 4.69) is 52.0 Å². The summed E-state index contributed by atoms with van der Waals surface area (Å²) in [4.78, 5) is 15.9. The van der Waals surface area contributed by atoms with Crippen LogP contribution in [-0.4, -0.2) is 29.1 Å². The molecule has 40 heavy (non-hydrogen) atoms. The number of aliphatic hydroxyl groups is 1. The maximum atomic E-state index is 11.1. The molecule has 0 saturated heterocycles. The van der Waals surface area contributed by atoms with Crippen LogP contribution < -0.4 is 9.47 Å². The molecular formula is C34H41IrNO4-. The van der Waals surface area contributed by atoms with Gasteiger partial charge in [-0.15, -0.1) is 35.4 Å². The molecule has 2 atom stereocenters. The first-order valence-electron chi connectivity index (χ1n) is 13.9. The average molecular weight is 720 g/mol. The van der Waals surface area contributed by atoms with Gasteiger partial charge in [0.05, 0.1) is 19.0 Å². The van der Waals surface area contributed by atoms with Gasteiger partial charge in [-0.2, -0.15) is 0 Å². The zero-order chi connectivity index (χ0) is 28.2. The third kappa shape index (κ3) is 10.6. The predicted molar refractivity (Wildman–Crippen MR) is 158 cm³/mol. The van der Waals surface area contributed by atoms with Crippen LogP contribution in [0.15, 0.2) is 66.4 Å². The van der Waals surface area contributed by atoms with Gasteiger partial charge in [0.15, 0.2) is 17.3 Å². The number of aliphatic hydroxyl groups excluding tert-OH is 1. The Bertz CT molecular complexity index is 1260. The number of rotatable bonds is 15. The molecule has 0 fully saturated rings. The minimum Gasteiger partial charge on any atom is -0.512 e. The van der Waals surface area contributed by atoms with E-state index in [0.29, 0.717) is 37.9 Å². The van der Waals surface area contributed by atoms with E-state index in [-0.39, 0.29) is 31.6 Å². The number of ketones is 1. The Labute approximate surface area is 253 Å².